The van der Waals surface area contributed by atoms with Crippen LogP contribution in [0.1, 0.15) is 37.3 Å². The summed E-state index contributed by atoms with van der Waals surface area (Å²) in [6, 6.07) is 7.18. The molecule has 3 rings (SSSR count). The van der Waals surface area contributed by atoms with Crippen molar-refractivity contribution in [2.45, 2.75) is 37.8 Å². The van der Waals surface area contributed by atoms with Crippen molar-refractivity contribution in [1.82, 2.24) is 9.80 Å². The number of halogens is 1. The molecule has 0 spiro atoms. The molecule has 2 atom stereocenters. The second kappa shape index (κ2) is 9.04. The van der Waals surface area contributed by atoms with Crippen LogP contribution in [0.5, 0.6) is 0 Å². The van der Waals surface area contributed by atoms with Gasteiger partial charge in [-0.25, -0.2) is 0 Å². The number of nitrogens with zero attached hydrogens (tertiary/aromatic N) is 2. The number of likely N-dealkylation sites (tertiary alicyclic amines) is 2. The molecule has 0 saturated carbocycles. The van der Waals surface area contributed by atoms with Gasteiger partial charge >= 0.3 is 0 Å². The lowest BCUT2D eigenvalue weighted by atomic mass is 9.91. The normalized spacial score (nSPS) is 23.9. The molecule has 27 heavy (non-hydrogen) atoms. The number of amides is 2. The highest BCUT2D eigenvalue weighted by atomic mass is 35.5. The van der Waals surface area contributed by atoms with E-state index >= 15 is 0 Å². The lowest BCUT2D eigenvalue weighted by Crippen LogP contribution is -2.44. The van der Waals surface area contributed by atoms with Gasteiger partial charge in [-0.2, -0.15) is 0 Å². The Kier molecular flexibility index (Phi) is 6.73. The monoisotopic (exact) mass is 393 g/mol. The lowest BCUT2D eigenvalue weighted by molar-refractivity contribution is -0.139. The number of benzene rings is 1. The second-order valence-corrected chi connectivity index (χ2v) is 7.79. The summed E-state index contributed by atoms with van der Waals surface area (Å²) in [6.45, 7) is 2.64. The molecule has 2 heterocycles. The number of carbonyl (C=O) groups is 2. The lowest BCUT2D eigenvalue weighted by Gasteiger charge is -2.35. The maximum atomic E-state index is 13.2. The van der Waals surface area contributed by atoms with E-state index in [4.69, 9.17) is 22.1 Å². The minimum atomic E-state index is -0.365. The van der Waals surface area contributed by atoms with E-state index in [0.29, 0.717) is 31.3 Å². The Balaban J connectivity index is 1.65. The van der Waals surface area contributed by atoms with Crippen LogP contribution in [-0.2, 0) is 14.3 Å². The van der Waals surface area contributed by atoms with E-state index < -0.39 is 0 Å². The smallest absolute Gasteiger partial charge is 0.228 e. The van der Waals surface area contributed by atoms with Gasteiger partial charge in [-0.3, -0.25) is 9.59 Å². The average molecular weight is 394 g/mol. The Morgan fingerprint density at radius 1 is 1.33 bits per heavy atom. The molecule has 2 saturated heterocycles. The molecule has 6 nitrogen and oxygen atoms in total. The Bertz CT molecular complexity index is 676. The fraction of sp³-hybridized carbons (Fsp3) is 0.600. The van der Waals surface area contributed by atoms with Crippen LogP contribution >= 0.6 is 11.6 Å². The van der Waals surface area contributed by atoms with Crippen LogP contribution in [0.3, 0.4) is 0 Å². The Morgan fingerprint density at radius 3 is 2.74 bits per heavy atom. The second-order valence-electron chi connectivity index (χ2n) is 7.35. The Morgan fingerprint density at radius 2 is 2.07 bits per heavy atom. The number of ether oxygens (including phenoxy) is 1. The van der Waals surface area contributed by atoms with Crippen molar-refractivity contribution >= 4 is 23.4 Å². The van der Waals surface area contributed by atoms with Gasteiger partial charge in [0.05, 0.1) is 18.1 Å². The standard InChI is InChI=1S/C20H28ClN3O3/c1-23-18(25)13-17(19(23)14-4-2-5-15(21)12-14)20(26)24-9-6-16(7-10-24)27-11-3-8-22/h2,4-5,12,16-17,19H,3,6-11,13,22H2,1H3/t17-,19+/m0/s1. The first-order valence-electron chi connectivity index (χ1n) is 9.63. The molecule has 1 aromatic rings. The third-order valence-electron chi connectivity index (χ3n) is 5.55. The third kappa shape index (κ3) is 4.62. The van der Waals surface area contributed by atoms with E-state index in [1.165, 1.54) is 0 Å². The molecule has 2 amide bonds. The zero-order valence-corrected chi connectivity index (χ0v) is 16.5. The first-order valence-corrected chi connectivity index (χ1v) is 10.0. The zero-order valence-electron chi connectivity index (χ0n) is 15.8. The molecule has 0 aromatic heterocycles. The van der Waals surface area contributed by atoms with Crippen molar-refractivity contribution in [1.29, 1.82) is 0 Å². The first kappa shape index (κ1) is 20.1. The molecule has 2 N–H and O–H groups in total. The summed E-state index contributed by atoms with van der Waals surface area (Å²) in [4.78, 5) is 29.1. The third-order valence-corrected chi connectivity index (χ3v) is 5.78. The zero-order chi connectivity index (χ0) is 19.4. The van der Waals surface area contributed by atoms with Crippen molar-refractivity contribution in [2.24, 2.45) is 11.7 Å². The quantitative estimate of drug-likeness (QED) is 0.752. The van der Waals surface area contributed by atoms with E-state index in [1.807, 2.05) is 23.1 Å². The van der Waals surface area contributed by atoms with Gasteiger partial charge in [0.15, 0.2) is 0 Å². The largest absolute Gasteiger partial charge is 0.378 e. The van der Waals surface area contributed by atoms with Gasteiger partial charge in [0.25, 0.3) is 0 Å². The molecule has 7 heteroatoms. The highest BCUT2D eigenvalue weighted by molar-refractivity contribution is 6.30. The van der Waals surface area contributed by atoms with Gasteiger partial charge in [0.2, 0.25) is 11.8 Å². The van der Waals surface area contributed by atoms with Crippen LogP contribution in [0, 0.1) is 5.92 Å². The van der Waals surface area contributed by atoms with Crippen LogP contribution in [0.15, 0.2) is 24.3 Å². The topological polar surface area (TPSA) is 75.9 Å². The number of nitrogens with two attached hydrogens (primary N) is 1. The van der Waals surface area contributed by atoms with E-state index in [2.05, 4.69) is 0 Å². The van der Waals surface area contributed by atoms with E-state index in [9.17, 15) is 9.59 Å². The molecule has 0 aliphatic carbocycles. The number of carbonyl (C=O) groups excluding carboxylic acids is 2. The van der Waals surface area contributed by atoms with E-state index in [-0.39, 0.29) is 36.3 Å². The van der Waals surface area contributed by atoms with Crippen molar-refractivity contribution in [2.75, 3.05) is 33.3 Å². The van der Waals surface area contributed by atoms with Crippen LogP contribution in [-0.4, -0.2) is 61.0 Å². The van der Waals surface area contributed by atoms with Gasteiger partial charge in [-0.1, -0.05) is 23.7 Å². The summed E-state index contributed by atoms with van der Waals surface area (Å²) in [6.07, 6.45) is 2.96. The molecule has 0 bridgehead atoms. The molecule has 2 aliphatic heterocycles. The van der Waals surface area contributed by atoms with Crippen molar-refractivity contribution in [3.05, 3.63) is 34.9 Å². The van der Waals surface area contributed by atoms with Crippen molar-refractivity contribution in [3.8, 4) is 0 Å². The summed E-state index contributed by atoms with van der Waals surface area (Å²) >= 11 is 6.13. The fourth-order valence-electron chi connectivity index (χ4n) is 4.05. The molecule has 2 aliphatic rings. The molecule has 148 valence electrons. The molecular formula is C20H28ClN3O3. The summed E-state index contributed by atoms with van der Waals surface area (Å²) in [5, 5.41) is 0.613. The molecular weight excluding hydrogens is 366 g/mol. The predicted molar refractivity (Wildman–Crippen MR) is 104 cm³/mol. The number of piperidine rings is 1. The maximum Gasteiger partial charge on any atom is 0.228 e. The SMILES string of the molecule is CN1C(=O)C[C@H](C(=O)N2CCC(OCCCN)CC2)[C@H]1c1cccc(Cl)c1. The van der Waals surface area contributed by atoms with Gasteiger partial charge in [0.1, 0.15) is 0 Å². The fourth-order valence-corrected chi connectivity index (χ4v) is 4.25. The highest BCUT2D eigenvalue weighted by Crippen LogP contribution is 2.39. The Hall–Kier alpha value is -1.63. The Labute approximate surface area is 165 Å². The average Bonchev–Trinajstić information content (AvgIpc) is 2.97. The number of hydrogen-bond donors (Lipinski definition) is 1. The summed E-state index contributed by atoms with van der Waals surface area (Å²) in [5.41, 5.74) is 6.41. The number of rotatable bonds is 6. The van der Waals surface area contributed by atoms with Crippen LogP contribution < -0.4 is 5.73 Å². The molecule has 0 unspecified atom stereocenters. The van der Waals surface area contributed by atoms with Gasteiger partial charge < -0.3 is 20.3 Å². The molecule has 1 aromatic carbocycles. The van der Waals surface area contributed by atoms with E-state index in [1.54, 1.807) is 18.0 Å². The van der Waals surface area contributed by atoms with Gasteiger partial charge in [-0.15, -0.1) is 0 Å². The molecule has 2 fully saturated rings. The van der Waals surface area contributed by atoms with Gasteiger partial charge in [0, 0.05) is 38.2 Å². The summed E-state index contributed by atoms with van der Waals surface area (Å²) in [7, 11) is 1.76. The molecule has 0 radical (unpaired) electrons. The van der Waals surface area contributed by atoms with Crippen molar-refractivity contribution in [3.63, 3.8) is 0 Å². The van der Waals surface area contributed by atoms with Gasteiger partial charge in [-0.05, 0) is 43.5 Å². The minimum absolute atomic E-state index is 0.00155. The van der Waals surface area contributed by atoms with Crippen LogP contribution in [0.2, 0.25) is 5.02 Å². The number of hydrogen-bond acceptors (Lipinski definition) is 4. The highest BCUT2D eigenvalue weighted by Gasteiger charge is 2.44. The predicted octanol–water partition coefficient (Wildman–Crippen LogP) is 2.22. The van der Waals surface area contributed by atoms with E-state index in [0.717, 1.165) is 24.8 Å². The maximum absolute atomic E-state index is 13.2. The van der Waals surface area contributed by atoms with Crippen LogP contribution in [0.4, 0.5) is 0 Å². The summed E-state index contributed by atoms with van der Waals surface area (Å²) in [5.74, 6) is -0.313. The van der Waals surface area contributed by atoms with Crippen LogP contribution in [0.25, 0.3) is 0 Å². The minimum Gasteiger partial charge on any atom is -0.378 e. The first-order chi connectivity index (χ1) is 13.0. The van der Waals surface area contributed by atoms with Crippen molar-refractivity contribution < 1.29 is 14.3 Å². The summed E-state index contributed by atoms with van der Waals surface area (Å²) < 4.78 is 5.82.